The first kappa shape index (κ1) is 13.2. The molecule has 1 heterocycles. The maximum Gasteiger partial charge on any atom is 0.522 e. The molecule has 0 aliphatic carbocycles. The minimum Gasteiger partial charge on any atom is -0.368 e. The minimum atomic E-state index is -4.63. The van der Waals surface area contributed by atoms with Crippen LogP contribution in [0.25, 0.3) is 0 Å². The third-order valence-electron chi connectivity index (χ3n) is 2.33. The summed E-state index contributed by atoms with van der Waals surface area (Å²) in [5, 5.41) is 2.95. The normalized spacial score (nSPS) is 23.3. The number of ether oxygens (including phenoxy) is 1. The molecule has 1 aliphatic heterocycles. The van der Waals surface area contributed by atoms with Gasteiger partial charge in [0.1, 0.15) is 6.04 Å². The fourth-order valence-corrected chi connectivity index (χ4v) is 1.57. The monoisotopic (exact) mass is 241 g/mol. The van der Waals surface area contributed by atoms with Crippen molar-refractivity contribution < 1.29 is 22.7 Å². The number of alkyl halides is 3. The first-order valence-corrected chi connectivity index (χ1v) is 4.85. The standard InChI is InChI=1S/C8H14F3N3O2/c9-8(10,11)16-4-3-14-2-1-13-5-6(14)7(12)15/h6,13H,1-5H2,(H2,12,15). The van der Waals surface area contributed by atoms with Gasteiger partial charge in [-0.3, -0.25) is 14.4 Å². The molecule has 1 atom stereocenters. The molecule has 0 spiro atoms. The number of rotatable bonds is 4. The van der Waals surface area contributed by atoms with E-state index in [1.807, 2.05) is 0 Å². The number of hydrogen-bond acceptors (Lipinski definition) is 4. The van der Waals surface area contributed by atoms with Gasteiger partial charge in [0, 0.05) is 26.2 Å². The molecule has 1 amide bonds. The topological polar surface area (TPSA) is 67.6 Å². The largest absolute Gasteiger partial charge is 0.522 e. The van der Waals surface area contributed by atoms with Crippen molar-refractivity contribution in [3.8, 4) is 0 Å². The number of halogens is 3. The summed E-state index contributed by atoms with van der Waals surface area (Å²) in [5.74, 6) is -0.542. The first-order valence-electron chi connectivity index (χ1n) is 4.85. The summed E-state index contributed by atoms with van der Waals surface area (Å²) >= 11 is 0. The molecule has 1 aliphatic rings. The molecule has 8 heteroatoms. The van der Waals surface area contributed by atoms with Crippen LogP contribution in [0.3, 0.4) is 0 Å². The highest BCUT2D eigenvalue weighted by molar-refractivity contribution is 5.80. The van der Waals surface area contributed by atoms with Crippen molar-refractivity contribution in [3.63, 3.8) is 0 Å². The predicted octanol–water partition coefficient (Wildman–Crippen LogP) is -0.718. The number of primary amides is 1. The number of carbonyl (C=O) groups is 1. The zero-order valence-corrected chi connectivity index (χ0v) is 8.59. The molecule has 1 rings (SSSR count). The molecule has 0 bridgehead atoms. The lowest BCUT2D eigenvalue weighted by Crippen LogP contribution is -2.57. The van der Waals surface area contributed by atoms with Gasteiger partial charge in [0.2, 0.25) is 5.91 Å². The molecule has 0 aromatic rings. The Hall–Kier alpha value is -0.860. The minimum absolute atomic E-state index is 0.0365. The second-order valence-electron chi connectivity index (χ2n) is 3.45. The molecule has 0 radical (unpaired) electrons. The Balaban J connectivity index is 2.36. The van der Waals surface area contributed by atoms with Crippen LogP contribution < -0.4 is 11.1 Å². The van der Waals surface area contributed by atoms with E-state index in [0.717, 1.165) is 0 Å². The molecule has 0 saturated carbocycles. The SMILES string of the molecule is NC(=O)C1CNCCN1CCOC(F)(F)F. The Morgan fingerprint density at radius 1 is 1.56 bits per heavy atom. The average Bonchev–Trinajstić information content (AvgIpc) is 2.16. The van der Waals surface area contributed by atoms with E-state index in [1.165, 1.54) is 0 Å². The second-order valence-corrected chi connectivity index (χ2v) is 3.45. The lowest BCUT2D eigenvalue weighted by molar-refractivity contribution is -0.325. The van der Waals surface area contributed by atoms with Crippen LogP contribution in [0.2, 0.25) is 0 Å². The number of nitrogens with zero attached hydrogens (tertiary/aromatic N) is 1. The van der Waals surface area contributed by atoms with E-state index >= 15 is 0 Å². The van der Waals surface area contributed by atoms with Crippen LogP contribution in [0.4, 0.5) is 13.2 Å². The summed E-state index contributed by atoms with van der Waals surface area (Å²) in [6.07, 6.45) is -4.63. The number of carbonyl (C=O) groups excluding carboxylic acids is 1. The van der Waals surface area contributed by atoms with Gasteiger partial charge in [-0.1, -0.05) is 0 Å². The number of nitrogens with two attached hydrogens (primary N) is 1. The molecule has 16 heavy (non-hydrogen) atoms. The fourth-order valence-electron chi connectivity index (χ4n) is 1.57. The summed E-state index contributed by atoms with van der Waals surface area (Å²) in [4.78, 5) is 12.6. The molecule has 3 N–H and O–H groups in total. The van der Waals surface area contributed by atoms with E-state index in [4.69, 9.17) is 5.73 Å². The molecule has 1 unspecified atom stereocenters. The van der Waals surface area contributed by atoms with Crippen LogP contribution in [-0.2, 0) is 9.53 Å². The van der Waals surface area contributed by atoms with Gasteiger partial charge in [0.05, 0.1) is 6.61 Å². The molecular weight excluding hydrogens is 227 g/mol. The fraction of sp³-hybridized carbons (Fsp3) is 0.875. The Bertz CT molecular complexity index is 247. The molecule has 1 saturated heterocycles. The third kappa shape index (κ3) is 4.33. The van der Waals surface area contributed by atoms with Crippen LogP contribution in [0.1, 0.15) is 0 Å². The van der Waals surface area contributed by atoms with Crippen LogP contribution in [0, 0.1) is 0 Å². The van der Waals surface area contributed by atoms with Crippen molar-refractivity contribution in [3.05, 3.63) is 0 Å². The quantitative estimate of drug-likeness (QED) is 0.681. The smallest absolute Gasteiger partial charge is 0.368 e. The molecular formula is C8H14F3N3O2. The van der Waals surface area contributed by atoms with Gasteiger partial charge >= 0.3 is 6.36 Å². The van der Waals surface area contributed by atoms with Gasteiger partial charge in [0.25, 0.3) is 0 Å². The van der Waals surface area contributed by atoms with E-state index in [0.29, 0.717) is 19.6 Å². The van der Waals surface area contributed by atoms with Crippen molar-refractivity contribution in [1.82, 2.24) is 10.2 Å². The van der Waals surface area contributed by atoms with Crippen molar-refractivity contribution in [2.24, 2.45) is 5.73 Å². The van der Waals surface area contributed by atoms with Crippen molar-refractivity contribution in [1.29, 1.82) is 0 Å². The molecule has 1 fully saturated rings. The van der Waals surface area contributed by atoms with Gasteiger partial charge in [-0.25, -0.2) is 0 Å². The number of amides is 1. The number of nitrogens with one attached hydrogen (secondary N) is 1. The summed E-state index contributed by atoms with van der Waals surface area (Å²) in [5.41, 5.74) is 5.13. The Kier molecular flexibility index (Phi) is 4.51. The van der Waals surface area contributed by atoms with Crippen LogP contribution >= 0.6 is 0 Å². The maximum absolute atomic E-state index is 11.7. The van der Waals surface area contributed by atoms with Gasteiger partial charge in [0.15, 0.2) is 0 Å². The Labute approximate surface area is 90.7 Å². The average molecular weight is 241 g/mol. The molecule has 0 aromatic heterocycles. The highest BCUT2D eigenvalue weighted by Gasteiger charge is 2.31. The summed E-state index contributed by atoms with van der Waals surface area (Å²) in [6.45, 7) is 1.01. The van der Waals surface area contributed by atoms with E-state index in [9.17, 15) is 18.0 Å². The van der Waals surface area contributed by atoms with Gasteiger partial charge in [-0.15, -0.1) is 13.2 Å². The molecule has 5 nitrogen and oxygen atoms in total. The van der Waals surface area contributed by atoms with Crippen LogP contribution in [0.15, 0.2) is 0 Å². The Morgan fingerprint density at radius 2 is 2.25 bits per heavy atom. The van der Waals surface area contributed by atoms with Crippen molar-refractivity contribution in [2.45, 2.75) is 12.4 Å². The van der Waals surface area contributed by atoms with Crippen LogP contribution in [0.5, 0.6) is 0 Å². The number of hydrogen-bond donors (Lipinski definition) is 2. The van der Waals surface area contributed by atoms with Crippen molar-refractivity contribution in [2.75, 3.05) is 32.8 Å². The van der Waals surface area contributed by atoms with Crippen LogP contribution in [-0.4, -0.2) is 56.0 Å². The van der Waals surface area contributed by atoms with E-state index < -0.39 is 24.9 Å². The zero-order valence-electron chi connectivity index (χ0n) is 8.59. The lowest BCUT2D eigenvalue weighted by atomic mass is 10.2. The van der Waals surface area contributed by atoms with Gasteiger partial charge < -0.3 is 11.1 Å². The van der Waals surface area contributed by atoms with E-state index in [2.05, 4.69) is 10.1 Å². The summed E-state index contributed by atoms with van der Waals surface area (Å²) in [7, 11) is 0. The van der Waals surface area contributed by atoms with Crippen molar-refractivity contribution >= 4 is 5.91 Å². The second kappa shape index (κ2) is 5.46. The third-order valence-corrected chi connectivity index (χ3v) is 2.33. The first-order chi connectivity index (χ1) is 7.40. The summed E-state index contributed by atoms with van der Waals surface area (Å²) < 4.78 is 38.8. The maximum atomic E-state index is 11.7. The van der Waals surface area contributed by atoms with E-state index in [1.54, 1.807) is 4.90 Å². The number of piperazine rings is 1. The highest BCUT2D eigenvalue weighted by Crippen LogP contribution is 2.16. The highest BCUT2D eigenvalue weighted by atomic mass is 19.4. The zero-order chi connectivity index (χ0) is 12.2. The van der Waals surface area contributed by atoms with E-state index in [-0.39, 0.29) is 6.54 Å². The Morgan fingerprint density at radius 3 is 2.81 bits per heavy atom. The predicted molar refractivity (Wildman–Crippen MR) is 49.4 cm³/mol. The summed E-state index contributed by atoms with van der Waals surface area (Å²) in [6, 6.07) is -0.564. The van der Waals surface area contributed by atoms with Gasteiger partial charge in [-0.05, 0) is 0 Å². The molecule has 94 valence electrons. The molecule has 0 aromatic carbocycles. The van der Waals surface area contributed by atoms with Gasteiger partial charge in [-0.2, -0.15) is 0 Å². The lowest BCUT2D eigenvalue weighted by Gasteiger charge is -2.33.